The fourth-order valence-corrected chi connectivity index (χ4v) is 0.607. The standard InChI is InChI=1S/C8H16.W/c1-5-7(3)8(4)6-2;/h5-8H,1-4H3;/q-2;+2. The Hall–Kier alpha value is 0.688. The van der Waals surface area contributed by atoms with Crippen molar-refractivity contribution >= 4 is 0 Å². The molecular formula is C8H16W. The van der Waals surface area contributed by atoms with Gasteiger partial charge in [-0.25, -0.2) is 0 Å². The van der Waals surface area contributed by atoms with Gasteiger partial charge < -0.3 is 12.8 Å². The average Bonchev–Trinajstić information content (AvgIpc) is 1.84. The maximum Gasteiger partial charge on any atom is 2.00 e. The Bertz CT molecular complexity index is 44.5. The van der Waals surface area contributed by atoms with E-state index in [4.69, 9.17) is 0 Å². The summed E-state index contributed by atoms with van der Waals surface area (Å²) in [5.74, 6) is 1.47. The first kappa shape index (κ1) is 12.4. The van der Waals surface area contributed by atoms with Crippen molar-refractivity contribution in [2.24, 2.45) is 11.8 Å². The summed E-state index contributed by atoms with van der Waals surface area (Å²) in [6.07, 6.45) is 4.48. The molecule has 1 heteroatoms. The summed E-state index contributed by atoms with van der Waals surface area (Å²) < 4.78 is 0. The van der Waals surface area contributed by atoms with Gasteiger partial charge in [0.25, 0.3) is 0 Å². The Kier molecular flexibility index (Phi) is 9.35. The normalized spacial score (nSPS) is 16.0. The monoisotopic (exact) mass is 296 g/mol. The molecule has 0 saturated heterocycles. The molecule has 0 aromatic carbocycles. The first-order valence-corrected chi connectivity index (χ1v) is 3.31. The van der Waals surface area contributed by atoms with Crippen molar-refractivity contribution in [1.29, 1.82) is 0 Å². The Morgan fingerprint density at radius 1 is 0.889 bits per heavy atom. The van der Waals surface area contributed by atoms with Crippen LogP contribution in [0.2, 0.25) is 0 Å². The molecule has 9 heavy (non-hydrogen) atoms. The summed E-state index contributed by atoms with van der Waals surface area (Å²) in [5.41, 5.74) is 0. The Labute approximate surface area is 73.7 Å². The maximum absolute atomic E-state index is 2.24. The molecule has 0 bridgehead atoms. The molecule has 0 N–H and O–H groups in total. The van der Waals surface area contributed by atoms with E-state index < -0.39 is 0 Å². The third kappa shape index (κ3) is 5.15. The predicted molar refractivity (Wildman–Crippen MR) is 38.3 cm³/mol. The molecule has 0 aromatic heterocycles. The van der Waals surface area contributed by atoms with Crippen LogP contribution in [0.5, 0.6) is 0 Å². The van der Waals surface area contributed by atoms with Gasteiger partial charge in [0.15, 0.2) is 0 Å². The average molecular weight is 296 g/mol. The summed E-state index contributed by atoms with van der Waals surface area (Å²) >= 11 is 0. The van der Waals surface area contributed by atoms with Crippen molar-refractivity contribution < 1.29 is 21.1 Å². The predicted octanol–water partition coefficient (Wildman–Crippen LogP) is 2.70. The van der Waals surface area contributed by atoms with Crippen molar-refractivity contribution in [1.82, 2.24) is 0 Å². The van der Waals surface area contributed by atoms with E-state index in [1.54, 1.807) is 0 Å². The fraction of sp³-hybridized carbons (Fsp3) is 0.750. The van der Waals surface area contributed by atoms with Crippen LogP contribution < -0.4 is 0 Å². The first-order valence-electron chi connectivity index (χ1n) is 3.31. The maximum atomic E-state index is 2.24. The summed E-state index contributed by atoms with van der Waals surface area (Å²) in [5, 5.41) is 0. The van der Waals surface area contributed by atoms with Crippen LogP contribution >= 0.6 is 0 Å². The zero-order valence-electron chi connectivity index (χ0n) is 6.72. The largest absolute Gasteiger partial charge is 2.00 e. The summed E-state index contributed by atoms with van der Waals surface area (Å²) in [7, 11) is 0. The summed E-state index contributed by atoms with van der Waals surface area (Å²) in [4.78, 5) is 0. The van der Waals surface area contributed by atoms with Crippen molar-refractivity contribution in [3.05, 3.63) is 12.8 Å². The van der Waals surface area contributed by atoms with Crippen LogP contribution in [0.3, 0.4) is 0 Å². The van der Waals surface area contributed by atoms with Crippen LogP contribution in [0.25, 0.3) is 0 Å². The van der Waals surface area contributed by atoms with Gasteiger partial charge in [0.2, 0.25) is 0 Å². The molecule has 0 aliphatic carbocycles. The van der Waals surface area contributed by atoms with E-state index in [1.807, 2.05) is 0 Å². The third-order valence-electron chi connectivity index (χ3n) is 1.88. The Morgan fingerprint density at radius 2 is 1.11 bits per heavy atom. The Balaban J connectivity index is 0. The van der Waals surface area contributed by atoms with Crippen LogP contribution in [0.4, 0.5) is 0 Å². The van der Waals surface area contributed by atoms with Crippen molar-refractivity contribution in [3.8, 4) is 0 Å². The molecule has 0 fully saturated rings. The van der Waals surface area contributed by atoms with Gasteiger partial charge in [-0.2, -0.15) is 25.7 Å². The molecule has 54 valence electrons. The molecule has 0 aliphatic heterocycles. The van der Waals surface area contributed by atoms with E-state index in [0.29, 0.717) is 0 Å². The zero-order chi connectivity index (χ0) is 6.57. The van der Waals surface area contributed by atoms with E-state index >= 15 is 0 Å². The van der Waals surface area contributed by atoms with Gasteiger partial charge in [-0.3, -0.25) is 0 Å². The van der Waals surface area contributed by atoms with Crippen molar-refractivity contribution in [3.63, 3.8) is 0 Å². The van der Waals surface area contributed by atoms with Gasteiger partial charge in [0, 0.05) is 0 Å². The third-order valence-corrected chi connectivity index (χ3v) is 1.88. The molecule has 0 spiro atoms. The SMILES string of the molecule is C[CH-]C(C)C(C)[CH-]C.[W+2]. The van der Waals surface area contributed by atoms with Gasteiger partial charge >= 0.3 is 21.1 Å². The molecule has 0 aromatic rings. The second-order valence-electron chi connectivity index (χ2n) is 2.38. The van der Waals surface area contributed by atoms with Crippen LogP contribution in [0.15, 0.2) is 0 Å². The van der Waals surface area contributed by atoms with Crippen LogP contribution in [0.1, 0.15) is 27.7 Å². The second-order valence-corrected chi connectivity index (χ2v) is 2.38. The minimum absolute atomic E-state index is 0. The van der Waals surface area contributed by atoms with E-state index in [0.717, 1.165) is 11.8 Å². The van der Waals surface area contributed by atoms with Gasteiger partial charge in [-0.15, -0.1) is 0 Å². The molecule has 0 aliphatic rings. The quantitative estimate of drug-likeness (QED) is 0.703. The van der Waals surface area contributed by atoms with Crippen molar-refractivity contribution in [2.45, 2.75) is 27.7 Å². The molecule has 0 nitrogen and oxygen atoms in total. The molecule has 0 heterocycles. The summed E-state index contributed by atoms with van der Waals surface area (Å²) in [6.45, 7) is 8.71. The number of hydrogen-bond donors (Lipinski definition) is 0. The molecule has 2 unspecified atom stereocenters. The van der Waals surface area contributed by atoms with Crippen molar-refractivity contribution in [2.75, 3.05) is 0 Å². The molecule has 2 atom stereocenters. The van der Waals surface area contributed by atoms with E-state index in [9.17, 15) is 0 Å². The van der Waals surface area contributed by atoms with Crippen LogP contribution in [-0.4, -0.2) is 0 Å². The van der Waals surface area contributed by atoms with E-state index in [1.165, 1.54) is 0 Å². The fourth-order valence-electron chi connectivity index (χ4n) is 0.607. The van der Waals surface area contributed by atoms with Crippen LogP contribution in [0, 0.1) is 24.7 Å². The van der Waals surface area contributed by atoms with E-state index in [2.05, 4.69) is 40.5 Å². The molecular weight excluding hydrogens is 280 g/mol. The van der Waals surface area contributed by atoms with Crippen LogP contribution in [-0.2, 0) is 21.1 Å². The zero-order valence-corrected chi connectivity index (χ0v) is 9.65. The Morgan fingerprint density at radius 3 is 1.22 bits per heavy atom. The first-order chi connectivity index (χ1) is 3.72. The minimum atomic E-state index is 0. The minimum Gasteiger partial charge on any atom is -0.331 e. The molecule has 0 amide bonds. The second kappa shape index (κ2) is 6.80. The molecule has 0 radical (unpaired) electrons. The van der Waals surface area contributed by atoms with Gasteiger partial charge in [0.1, 0.15) is 0 Å². The summed E-state index contributed by atoms with van der Waals surface area (Å²) in [6, 6.07) is 0. The topological polar surface area (TPSA) is 0 Å². The molecule has 0 saturated carbocycles. The van der Waals surface area contributed by atoms with Gasteiger partial charge in [-0.1, -0.05) is 13.8 Å². The van der Waals surface area contributed by atoms with Gasteiger partial charge in [-0.05, 0) is 0 Å². The number of rotatable bonds is 3. The number of hydrogen-bond acceptors (Lipinski definition) is 0. The van der Waals surface area contributed by atoms with E-state index in [-0.39, 0.29) is 21.1 Å². The van der Waals surface area contributed by atoms with Gasteiger partial charge in [0.05, 0.1) is 0 Å². The molecule has 0 rings (SSSR count). The smallest absolute Gasteiger partial charge is 0.331 e.